The van der Waals surface area contributed by atoms with Gasteiger partial charge in [-0.2, -0.15) is 0 Å². The summed E-state index contributed by atoms with van der Waals surface area (Å²) in [6.07, 6.45) is 1.85. The summed E-state index contributed by atoms with van der Waals surface area (Å²) < 4.78 is 0. The van der Waals surface area contributed by atoms with Gasteiger partial charge in [0, 0.05) is 11.6 Å². The largest absolute Gasteiger partial charge is 0.357 e. The Kier molecular flexibility index (Phi) is 8.60. The van der Waals surface area contributed by atoms with Crippen molar-refractivity contribution >= 4 is 41.5 Å². The molecule has 3 N–H and O–H groups in total. The van der Waals surface area contributed by atoms with Crippen molar-refractivity contribution in [2.75, 3.05) is 6.54 Å². The highest BCUT2D eigenvalue weighted by atomic mass is 127. The first-order valence-corrected chi connectivity index (χ1v) is 8.99. The summed E-state index contributed by atoms with van der Waals surface area (Å²) in [6.45, 7) is 3.89. The van der Waals surface area contributed by atoms with Crippen LogP contribution in [0.5, 0.6) is 0 Å². The third-order valence-corrected chi connectivity index (χ3v) is 4.21. The zero-order valence-corrected chi connectivity index (χ0v) is 18.2. The number of imidazole rings is 1. The lowest BCUT2D eigenvalue weighted by molar-refractivity contribution is 0.786. The smallest absolute Gasteiger partial charge is 0.191 e. The minimum atomic E-state index is 0. The monoisotopic (exact) mass is 495 g/mol. The molecule has 0 radical (unpaired) electrons. The summed E-state index contributed by atoms with van der Waals surface area (Å²) in [4.78, 5) is 12.4. The Bertz CT molecular complexity index is 864. The van der Waals surface area contributed by atoms with E-state index in [0.29, 0.717) is 13.1 Å². The molecule has 142 valence electrons. The molecule has 1 heterocycles. The number of hydrogen-bond acceptors (Lipinski definition) is 2. The molecule has 5 nitrogen and oxygen atoms in total. The van der Waals surface area contributed by atoms with Crippen LogP contribution in [0.15, 0.2) is 65.8 Å². The van der Waals surface area contributed by atoms with Crippen molar-refractivity contribution in [3.63, 3.8) is 0 Å². The normalized spacial score (nSPS) is 11.0. The Balaban J connectivity index is 0.00000261. The predicted octanol–water partition coefficient (Wildman–Crippen LogP) is 4.60. The second kappa shape index (κ2) is 10.9. The van der Waals surface area contributed by atoms with Crippen molar-refractivity contribution in [2.24, 2.45) is 4.99 Å². The van der Waals surface area contributed by atoms with Crippen LogP contribution in [-0.2, 0) is 13.1 Å². The summed E-state index contributed by atoms with van der Waals surface area (Å²) in [6, 6.07) is 17.9. The number of guanidine groups is 1. The van der Waals surface area contributed by atoms with Gasteiger partial charge in [0.1, 0.15) is 5.82 Å². The number of hydrogen-bond donors (Lipinski definition) is 3. The number of nitrogens with one attached hydrogen (secondary N) is 3. The molecule has 3 rings (SSSR count). The average molecular weight is 496 g/mol. The summed E-state index contributed by atoms with van der Waals surface area (Å²) in [5.74, 6) is 1.58. The van der Waals surface area contributed by atoms with Crippen LogP contribution in [0.25, 0.3) is 11.3 Å². The maximum atomic E-state index is 6.19. The molecule has 0 bridgehead atoms. The lowest BCUT2D eigenvalue weighted by Gasteiger charge is -2.10. The molecule has 0 amide bonds. The second-order valence-electron chi connectivity index (χ2n) is 5.75. The van der Waals surface area contributed by atoms with Gasteiger partial charge in [-0.3, -0.25) is 0 Å². The highest BCUT2D eigenvalue weighted by Crippen LogP contribution is 2.16. The molecule has 0 spiro atoms. The van der Waals surface area contributed by atoms with E-state index < -0.39 is 0 Å². The molecule has 0 aliphatic heterocycles. The predicted molar refractivity (Wildman–Crippen MR) is 123 cm³/mol. The molecule has 7 heteroatoms. The molecule has 0 saturated heterocycles. The Hall–Kier alpha value is -2.06. The van der Waals surface area contributed by atoms with E-state index in [1.165, 1.54) is 0 Å². The maximum absolute atomic E-state index is 6.19. The van der Waals surface area contributed by atoms with Crippen LogP contribution >= 0.6 is 35.6 Å². The number of aromatic amines is 1. The van der Waals surface area contributed by atoms with Gasteiger partial charge >= 0.3 is 0 Å². The third kappa shape index (κ3) is 6.25. The van der Waals surface area contributed by atoms with E-state index in [-0.39, 0.29) is 24.0 Å². The molecule has 27 heavy (non-hydrogen) atoms. The van der Waals surface area contributed by atoms with Crippen LogP contribution < -0.4 is 10.6 Å². The SMILES string of the molecule is CCNC(=NCc1ccccc1Cl)NCc1ncc(-c2ccccc2)[nH]1.I. The van der Waals surface area contributed by atoms with Crippen molar-refractivity contribution in [2.45, 2.75) is 20.0 Å². The number of rotatable bonds is 6. The number of benzene rings is 2. The van der Waals surface area contributed by atoms with Crippen molar-refractivity contribution in [3.8, 4) is 11.3 Å². The topological polar surface area (TPSA) is 65.1 Å². The number of halogens is 2. The number of aromatic nitrogens is 2. The Morgan fingerprint density at radius 1 is 1.07 bits per heavy atom. The van der Waals surface area contributed by atoms with Crippen molar-refractivity contribution in [3.05, 3.63) is 77.2 Å². The van der Waals surface area contributed by atoms with Gasteiger partial charge in [-0.25, -0.2) is 9.98 Å². The van der Waals surface area contributed by atoms with E-state index in [4.69, 9.17) is 11.6 Å². The molecule has 2 aromatic carbocycles. The Labute approximate surface area is 181 Å². The van der Waals surface area contributed by atoms with Crippen LogP contribution in [0.1, 0.15) is 18.3 Å². The molecule has 0 fully saturated rings. The highest BCUT2D eigenvalue weighted by molar-refractivity contribution is 14.0. The lowest BCUT2D eigenvalue weighted by atomic mass is 10.2. The average Bonchev–Trinajstić information content (AvgIpc) is 3.15. The zero-order valence-electron chi connectivity index (χ0n) is 15.1. The Morgan fingerprint density at radius 2 is 1.81 bits per heavy atom. The second-order valence-corrected chi connectivity index (χ2v) is 6.16. The van der Waals surface area contributed by atoms with Gasteiger partial charge in [-0.05, 0) is 24.1 Å². The van der Waals surface area contributed by atoms with E-state index in [2.05, 4.69) is 37.7 Å². The van der Waals surface area contributed by atoms with Gasteiger partial charge in [-0.15, -0.1) is 24.0 Å². The van der Waals surface area contributed by atoms with E-state index in [0.717, 1.165) is 40.2 Å². The first-order chi connectivity index (χ1) is 12.8. The number of aliphatic imine (C=N–C) groups is 1. The van der Waals surface area contributed by atoms with Gasteiger partial charge in [-0.1, -0.05) is 60.1 Å². The summed E-state index contributed by atoms with van der Waals surface area (Å²) in [7, 11) is 0. The highest BCUT2D eigenvalue weighted by Gasteiger charge is 2.05. The first kappa shape index (κ1) is 21.2. The molecule has 1 aromatic heterocycles. The van der Waals surface area contributed by atoms with Gasteiger partial charge in [0.2, 0.25) is 0 Å². The summed E-state index contributed by atoms with van der Waals surface area (Å²) >= 11 is 6.19. The molecule has 0 unspecified atom stereocenters. The summed E-state index contributed by atoms with van der Waals surface area (Å²) in [5, 5.41) is 7.26. The fourth-order valence-corrected chi connectivity index (χ4v) is 2.71. The minimum Gasteiger partial charge on any atom is -0.357 e. The maximum Gasteiger partial charge on any atom is 0.191 e. The van der Waals surface area contributed by atoms with Gasteiger partial charge in [0.25, 0.3) is 0 Å². The van der Waals surface area contributed by atoms with Gasteiger partial charge in [0.15, 0.2) is 5.96 Å². The molecule has 0 aliphatic carbocycles. The van der Waals surface area contributed by atoms with Crippen molar-refractivity contribution in [1.82, 2.24) is 20.6 Å². The Morgan fingerprint density at radius 3 is 2.56 bits per heavy atom. The van der Waals surface area contributed by atoms with Crippen LogP contribution in [0.2, 0.25) is 5.02 Å². The van der Waals surface area contributed by atoms with Crippen LogP contribution in [0.4, 0.5) is 0 Å². The number of H-pyrrole nitrogens is 1. The van der Waals surface area contributed by atoms with E-state index in [1.807, 2.05) is 55.6 Å². The number of nitrogens with zero attached hydrogens (tertiary/aromatic N) is 2. The molecule has 0 atom stereocenters. The fraction of sp³-hybridized carbons (Fsp3) is 0.200. The van der Waals surface area contributed by atoms with Crippen LogP contribution in [-0.4, -0.2) is 22.5 Å². The van der Waals surface area contributed by atoms with E-state index in [1.54, 1.807) is 0 Å². The quantitative estimate of drug-likeness (QED) is 0.266. The van der Waals surface area contributed by atoms with Gasteiger partial charge < -0.3 is 15.6 Å². The minimum absolute atomic E-state index is 0. The van der Waals surface area contributed by atoms with Crippen molar-refractivity contribution < 1.29 is 0 Å². The zero-order chi connectivity index (χ0) is 18.2. The van der Waals surface area contributed by atoms with Crippen LogP contribution in [0.3, 0.4) is 0 Å². The van der Waals surface area contributed by atoms with E-state index >= 15 is 0 Å². The van der Waals surface area contributed by atoms with E-state index in [9.17, 15) is 0 Å². The first-order valence-electron chi connectivity index (χ1n) is 8.61. The molecule has 0 aliphatic rings. The molecular formula is C20H23ClIN5. The standard InChI is InChI=1S/C20H22ClN5.HI/c1-2-22-20(24-12-16-10-6-7-11-17(16)21)25-14-19-23-13-18(26-19)15-8-4-3-5-9-15;/h3-11,13H,2,12,14H2,1H3,(H,23,26)(H2,22,24,25);1H. The van der Waals surface area contributed by atoms with Crippen LogP contribution in [0, 0.1) is 0 Å². The lowest BCUT2D eigenvalue weighted by Crippen LogP contribution is -2.37. The van der Waals surface area contributed by atoms with Gasteiger partial charge in [0.05, 0.1) is 25.0 Å². The third-order valence-electron chi connectivity index (χ3n) is 3.85. The molecule has 0 saturated carbocycles. The molecule has 3 aromatic rings. The van der Waals surface area contributed by atoms with Crippen molar-refractivity contribution in [1.29, 1.82) is 0 Å². The summed E-state index contributed by atoms with van der Waals surface area (Å²) in [5.41, 5.74) is 3.11. The fourth-order valence-electron chi connectivity index (χ4n) is 2.52. The molecular weight excluding hydrogens is 473 g/mol.